The van der Waals surface area contributed by atoms with Crippen molar-refractivity contribution in [1.82, 2.24) is 5.32 Å². The van der Waals surface area contributed by atoms with E-state index in [1.54, 1.807) is 36.4 Å². The summed E-state index contributed by atoms with van der Waals surface area (Å²) < 4.78 is 5.71. The van der Waals surface area contributed by atoms with Crippen molar-refractivity contribution in [3.05, 3.63) is 82.0 Å². The summed E-state index contributed by atoms with van der Waals surface area (Å²) in [6, 6.07) is 16.3. The molecule has 1 amide bonds. The smallest absolute Gasteiger partial charge is 0.250 e. The number of anilines is 1. The van der Waals surface area contributed by atoms with Gasteiger partial charge in [-0.25, -0.2) is 0 Å². The van der Waals surface area contributed by atoms with E-state index in [1.165, 1.54) is 6.08 Å². The van der Waals surface area contributed by atoms with E-state index in [1.807, 2.05) is 31.2 Å². The Morgan fingerprint density at radius 3 is 2.50 bits per heavy atom. The summed E-state index contributed by atoms with van der Waals surface area (Å²) in [6.07, 6.45) is 2.90. The Balaban J connectivity index is 1.61. The first kappa shape index (κ1) is 20.1. The molecule has 2 N–H and O–H groups in total. The number of rotatable bonds is 4. The van der Waals surface area contributed by atoms with Gasteiger partial charge in [0.15, 0.2) is 5.11 Å². The maximum absolute atomic E-state index is 12.1. The van der Waals surface area contributed by atoms with E-state index in [4.69, 9.17) is 39.8 Å². The molecule has 0 radical (unpaired) electrons. The minimum absolute atomic E-state index is 0.220. The predicted octanol–water partition coefficient (Wildman–Crippen LogP) is 6.09. The number of benzene rings is 2. The summed E-state index contributed by atoms with van der Waals surface area (Å²) in [6.45, 7) is 1.95. The monoisotopic (exact) mass is 430 g/mol. The molecule has 0 aliphatic carbocycles. The first-order valence-corrected chi connectivity index (χ1v) is 9.49. The number of amides is 1. The summed E-state index contributed by atoms with van der Waals surface area (Å²) in [7, 11) is 0. The molecule has 0 spiro atoms. The first-order valence-electron chi connectivity index (χ1n) is 8.33. The van der Waals surface area contributed by atoms with Gasteiger partial charge in [-0.2, -0.15) is 0 Å². The lowest BCUT2D eigenvalue weighted by molar-refractivity contribution is -0.115. The van der Waals surface area contributed by atoms with Gasteiger partial charge < -0.3 is 9.73 Å². The summed E-state index contributed by atoms with van der Waals surface area (Å²) in [5, 5.41) is 6.85. The molecule has 28 heavy (non-hydrogen) atoms. The van der Waals surface area contributed by atoms with Crippen molar-refractivity contribution >= 4 is 58.2 Å². The van der Waals surface area contributed by atoms with Gasteiger partial charge in [0.25, 0.3) is 0 Å². The second kappa shape index (κ2) is 9.06. The van der Waals surface area contributed by atoms with Crippen LogP contribution in [0.4, 0.5) is 5.69 Å². The highest BCUT2D eigenvalue weighted by Crippen LogP contribution is 2.28. The van der Waals surface area contributed by atoms with Gasteiger partial charge in [-0.3, -0.25) is 10.1 Å². The highest BCUT2D eigenvalue weighted by Gasteiger charge is 2.07. The Bertz CT molecular complexity index is 1040. The maximum atomic E-state index is 12.1. The normalized spacial score (nSPS) is 10.8. The minimum atomic E-state index is -0.366. The molecule has 1 heterocycles. The van der Waals surface area contributed by atoms with Crippen molar-refractivity contribution in [3.63, 3.8) is 0 Å². The molecule has 0 aliphatic rings. The number of carbonyl (C=O) groups is 1. The Labute approximate surface area is 178 Å². The Hall–Kier alpha value is -2.60. The average molecular weight is 431 g/mol. The summed E-state index contributed by atoms with van der Waals surface area (Å²) in [5.74, 6) is 0.745. The number of furan rings is 1. The fourth-order valence-electron chi connectivity index (χ4n) is 2.47. The van der Waals surface area contributed by atoms with E-state index in [2.05, 4.69) is 10.6 Å². The van der Waals surface area contributed by atoms with Gasteiger partial charge in [-0.05, 0) is 67.2 Å². The van der Waals surface area contributed by atoms with Gasteiger partial charge in [0.2, 0.25) is 5.91 Å². The fraction of sp³-hybridized carbons (Fsp3) is 0.0476. The number of thiocarbonyl (C=S) groups is 1. The van der Waals surface area contributed by atoms with E-state index >= 15 is 0 Å². The van der Waals surface area contributed by atoms with Crippen molar-refractivity contribution in [2.75, 3.05) is 5.32 Å². The van der Waals surface area contributed by atoms with Crippen molar-refractivity contribution in [2.45, 2.75) is 6.92 Å². The SMILES string of the molecule is Cc1ccccc1NC(=S)NC(=O)/C=C/c1ccc(-c2cc(Cl)cc(Cl)c2)o1. The number of hydrogen-bond donors (Lipinski definition) is 2. The number of aryl methyl sites for hydroxylation is 1. The van der Waals surface area contributed by atoms with E-state index in [9.17, 15) is 4.79 Å². The average Bonchev–Trinajstić information content (AvgIpc) is 3.10. The molecule has 0 aliphatic heterocycles. The molecule has 0 fully saturated rings. The fourth-order valence-corrected chi connectivity index (χ4v) is 3.21. The Morgan fingerprint density at radius 1 is 1.07 bits per heavy atom. The topological polar surface area (TPSA) is 54.3 Å². The highest BCUT2D eigenvalue weighted by molar-refractivity contribution is 7.80. The van der Waals surface area contributed by atoms with Gasteiger partial charge in [0, 0.05) is 27.4 Å². The van der Waals surface area contributed by atoms with E-state index in [0.29, 0.717) is 21.6 Å². The molecule has 0 atom stereocenters. The molecule has 0 unspecified atom stereocenters. The lowest BCUT2D eigenvalue weighted by atomic mass is 10.2. The van der Waals surface area contributed by atoms with Crippen LogP contribution in [0.5, 0.6) is 0 Å². The largest absolute Gasteiger partial charge is 0.457 e. The van der Waals surface area contributed by atoms with Gasteiger partial charge in [-0.15, -0.1) is 0 Å². The zero-order valence-electron chi connectivity index (χ0n) is 14.8. The molecule has 0 saturated carbocycles. The predicted molar refractivity (Wildman–Crippen MR) is 119 cm³/mol. The molecule has 2 aromatic carbocycles. The van der Waals surface area contributed by atoms with Crippen LogP contribution in [0.25, 0.3) is 17.4 Å². The summed E-state index contributed by atoms with van der Waals surface area (Å²) in [5.41, 5.74) is 2.62. The van der Waals surface area contributed by atoms with Gasteiger partial charge in [0.1, 0.15) is 11.5 Å². The van der Waals surface area contributed by atoms with Crippen molar-refractivity contribution in [2.24, 2.45) is 0 Å². The van der Waals surface area contributed by atoms with Crippen molar-refractivity contribution < 1.29 is 9.21 Å². The molecule has 3 aromatic rings. The lowest BCUT2D eigenvalue weighted by Gasteiger charge is -2.10. The third kappa shape index (κ3) is 5.45. The molecule has 7 heteroatoms. The summed E-state index contributed by atoms with van der Waals surface area (Å²) >= 11 is 17.2. The van der Waals surface area contributed by atoms with Gasteiger partial charge >= 0.3 is 0 Å². The molecular formula is C21H16Cl2N2O2S. The second-order valence-electron chi connectivity index (χ2n) is 5.95. The van der Waals surface area contributed by atoms with E-state index in [-0.39, 0.29) is 11.0 Å². The van der Waals surface area contributed by atoms with Crippen molar-refractivity contribution in [1.29, 1.82) is 0 Å². The molecule has 0 bridgehead atoms. The van der Waals surface area contributed by atoms with Crippen LogP contribution in [0.15, 0.2) is 65.1 Å². The Morgan fingerprint density at radius 2 is 1.79 bits per heavy atom. The Kier molecular flexibility index (Phi) is 6.52. The van der Waals surface area contributed by atoms with Crippen LogP contribution in [-0.4, -0.2) is 11.0 Å². The zero-order chi connectivity index (χ0) is 20.1. The van der Waals surface area contributed by atoms with Crippen LogP contribution in [0.2, 0.25) is 10.0 Å². The van der Waals surface area contributed by atoms with Gasteiger partial charge in [-0.1, -0.05) is 41.4 Å². The minimum Gasteiger partial charge on any atom is -0.457 e. The van der Waals surface area contributed by atoms with Crippen LogP contribution in [0.1, 0.15) is 11.3 Å². The third-order valence-corrected chi connectivity index (χ3v) is 4.44. The van der Waals surface area contributed by atoms with Crippen LogP contribution < -0.4 is 10.6 Å². The lowest BCUT2D eigenvalue weighted by Crippen LogP contribution is -2.33. The number of hydrogen-bond acceptors (Lipinski definition) is 3. The quantitative estimate of drug-likeness (QED) is 0.388. The van der Waals surface area contributed by atoms with Crippen LogP contribution >= 0.6 is 35.4 Å². The molecular weight excluding hydrogens is 415 g/mol. The van der Waals surface area contributed by atoms with E-state index < -0.39 is 0 Å². The molecule has 1 aromatic heterocycles. The molecule has 0 saturated heterocycles. The molecule has 4 nitrogen and oxygen atoms in total. The summed E-state index contributed by atoms with van der Waals surface area (Å²) in [4.78, 5) is 12.1. The molecule has 3 rings (SSSR count). The second-order valence-corrected chi connectivity index (χ2v) is 7.23. The van der Waals surface area contributed by atoms with Crippen LogP contribution in [-0.2, 0) is 4.79 Å². The van der Waals surface area contributed by atoms with Crippen molar-refractivity contribution in [3.8, 4) is 11.3 Å². The maximum Gasteiger partial charge on any atom is 0.250 e. The molecule has 142 valence electrons. The number of nitrogens with one attached hydrogen (secondary N) is 2. The number of carbonyl (C=O) groups excluding carboxylic acids is 1. The number of para-hydroxylation sites is 1. The van der Waals surface area contributed by atoms with E-state index in [0.717, 1.165) is 16.8 Å². The van der Waals surface area contributed by atoms with Gasteiger partial charge in [0.05, 0.1) is 0 Å². The first-order chi connectivity index (χ1) is 13.4. The van der Waals surface area contributed by atoms with Crippen LogP contribution in [0.3, 0.4) is 0 Å². The standard InChI is InChI=1S/C21H16Cl2N2O2S/c1-13-4-2-3-5-18(13)24-21(28)25-20(26)9-7-17-6-8-19(27-17)14-10-15(22)12-16(23)11-14/h2-12H,1H3,(H2,24,25,26,28)/b9-7+. The number of halogens is 2. The third-order valence-electron chi connectivity index (χ3n) is 3.80. The van der Waals surface area contributed by atoms with Crippen LogP contribution in [0, 0.1) is 6.92 Å². The zero-order valence-corrected chi connectivity index (χ0v) is 17.2. The highest BCUT2D eigenvalue weighted by atomic mass is 35.5.